The topological polar surface area (TPSA) is 20.2 Å². The van der Waals surface area contributed by atoms with Gasteiger partial charge in [0.25, 0.3) is 0 Å². The van der Waals surface area contributed by atoms with Crippen LogP contribution in [0.2, 0.25) is 0 Å². The molecule has 0 aromatic carbocycles. The molecule has 0 saturated carbocycles. The van der Waals surface area contributed by atoms with Crippen molar-refractivity contribution in [3.05, 3.63) is 36.1 Å². The maximum atomic E-state index is 9.20. The molecule has 0 rings (SSSR count). The zero-order valence-corrected chi connectivity index (χ0v) is 7.73. The lowest BCUT2D eigenvalue weighted by atomic mass is 10.2. The summed E-state index contributed by atoms with van der Waals surface area (Å²) in [5, 5.41) is 9.20. The molecule has 62 valence electrons. The van der Waals surface area contributed by atoms with Crippen molar-refractivity contribution in [2.75, 3.05) is 0 Å². The largest absolute Gasteiger partial charge is 0.508 e. The fourth-order valence-electron chi connectivity index (χ4n) is 0.564. The highest BCUT2D eigenvalue weighted by atomic mass is 35.5. The first-order valence-corrected chi connectivity index (χ1v) is 3.97. The second-order valence-electron chi connectivity index (χ2n) is 1.83. The highest BCUT2D eigenvalue weighted by molar-refractivity contribution is 6.46. The standard InChI is InChI=1S/C8H10Cl2O/c1-3-5-6(8(9)10)7(11)4-2/h3-5,8,11H,1H2,2H3/b6-5+,7-4+. The van der Waals surface area contributed by atoms with Gasteiger partial charge in [-0.15, -0.1) is 0 Å². The molecule has 0 aromatic heterocycles. The maximum Gasteiger partial charge on any atom is 0.136 e. The number of rotatable bonds is 3. The van der Waals surface area contributed by atoms with E-state index >= 15 is 0 Å². The fourth-order valence-corrected chi connectivity index (χ4v) is 0.933. The lowest BCUT2D eigenvalue weighted by molar-refractivity contribution is 0.421. The van der Waals surface area contributed by atoms with Gasteiger partial charge in [0.1, 0.15) is 10.6 Å². The molecule has 0 saturated heterocycles. The van der Waals surface area contributed by atoms with E-state index in [-0.39, 0.29) is 5.76 Å². The third-order valence-corrected chi connectivity index (χ3v) is 1.57. The molecule has 0 amide bonds. The van der Waals surface area contributed by atoms with Crippen LogP contribution in [0, 0.1) is 0 Å². The van der Waals surface area contributed by atoms with E-state index in [1.165, 1.54) is 12.2 Å². The van der Waals surface area contributed by atoms with Crippen molar-refractivity contribution in [2.45, 2.75) is 11.8 Å². The Morgan fingerprint density at radius 1 is 1.55 bits per heavy atom. The van der Waals surface area contributed by atoms with E-state index in [2.05, 4.69) is 6.58 Å². The van der Waals surface area contributed by atoms with Crippen molar-refractivity contribution in [3.63, 3.8) is 0 Å². The van der Waals surface area contributed by atoms with Gasteiger partial charge in [0.2, 0.25) is 0 Å². The third-order valence-electron chi connectivity index (χ3n) is 1.10. The summed E-state index contributed by atoms with van der Waals surface area (Å²) in [7, 11) is 0. The highest BCUT2D eigenvalue weighted by Crippen LogP contribution is 2.20. The molecule has 0 aliphatic carbocycles. The van der Waals surface area contributed by atoms with Gasteiger partial charge >= 0.3 is 0 Å². The molecule has 1 N–H and O–H groups in total. The van der Waals surface area contributed by atoms with Gasteiger partial charge in [-0.05, 0) is 13.0 Å². The number of hydrogen-bond acceptors (Lipinski definition) is 1. The van der Waals surface area contributed by atoms with Crippen molar-refractivity contribution in [2.24, 2.45) is 0 Å². The van der Waals surface area contributed by atoms with Crippen LogP contribution in [-0.2, 0) is 0 Å². The average Bonchev–Trinajstić information content (AvgIpc) is 1.98. The van der Waals surface area contributed by atoms with Gasteiger partial charge in [-0.3, -0.25) is 0 Å². The van der Waals surface area contributed by atoms with Crippen LogP contribution in [0.25, 0.3) is 0 Å². The lowest BCUT2D eigenvalue weighted by Crippen LogP contribution is -1.97. The number of hydrogen-bond donors (Lipinski definition) is 1. The monoisotopic (exact) mass is 192 g/mol. The molecule has 3 heteroatoms. The summed E-state index contributed by atoms with van der Waals surface area (Å²) in [5.41, 5.74) is 0.464. The molecule has 1 nitrogen and oxygen atoms in total. The van der Waals surface area contributed by atoms with E-state index < -0.39 is 4.84 Å². The molecule has 0 fully saturated rings. The number of aliphatic hydroxyl groups is 1. The second kappa shape index (κ2) is 5.28. The van der Waals surface area contributed by atoms with Gasteiger partial charge < -0.3 is 5.11 Å². The lowest BCUT2D eigenvalue weighted by Gasteiger charge is -2.04. The summed E-state index contributed by atoms with van der Waals surface area (Å²) in [6.45, 7) is 5.16. The Hall–Kier alpha value is -0.400. The first-order chi connectivity index (χ1) is 5.13. The van der Waals surface area contributed by atoms with E-state index in [9.17, 15) is 5.11 Å². The van der Waals surface area contributed by atoms with Gasteiger partial charge in [0.15, 0.2) is 0 Å². The first-order valence-electron chi connectivity index (χ1n) is 3.09. The zero-order chi connectivity index (χ0) is 8.85. The summed E-state index contributed by atoms with van der Waals surface area (Å²) in [6.07, 6.45) is 4.61. The van der Waals surface area contributed by atoms with E-state index in [0.717, 1.165) is 0 Å². The minimum Gasteiger partial charge on any atom is -0.508 e. The van der Waals surface area contributed by atoms with Crippen LogP contribution in [0.1, 0.15) is 6.92 Å². The second-order valence-corrected chi connectivity index (χ2v) is 2.93. The fraction of sp³-hybridized carbons (Fsp3) is 0.250. The summed E-state index contributed by atoms with van der Waals surface area (Å²) < 4.78 is 0. The Balaban J connectivity index is 4.61. The smallest absolute Gasteiger partial charge is 0.136 e. The molecule has 0 heterocycles. The van der Waals surface area contributed by atoms with Crippen molar-refractivity contribution >= 4 is 23.2 Å². The summed E-state index contributed by atoms with van der Waals surface area (Å²) >= 11 is 11.1. The van der Waals surface area contributed by atoms with Crippen LogP contribution < -0.4 is 0 Å². The summed E-state index contributed by atoms with van der Waals surface area (Å²) in [5.74, 6) is 0.0832. The maximum absolute atomic E-state index is 9.20. The van der Waals surface area contributed by atoms with Crippen LogP contribution in [0.5, 0.6) is 0 Å². The van der Waals surface area contributed by atoms with Crippen LogP contribution in [0.3, 0.4) is 0 Å². The third kappa shape index (κ3) is 3.49. The minimum absolute atomic E-state index is 0.0832. The van der Waals surface area contributed by atoms with E-state index in [0.29, 0.717) is 5.57 Å². The molecular weight excluding hydrogens is 183 g/mol. The number of alkyl halides is 2. The molecule has 0 atom stereocenters. The van der Waals surface area contributed by atoms with Crippen LogP contribution in [-0.4, -0.2) is 9.94 Å². The van der Waals surface area contributed by atoms with Crippen molar-refractivity contribution < 1.29 is 5.11 Å². The van der Waals surface area contributed by atoms with Crippen LogP contribution in [0.15, 0.2) is 36.1 Å². The molecule has 0 unspecified atom stereocenters. The zero-order valence-electron chi connectivity index (χ0n) is 6.22. The Bertz CT molecular complexity index is 192. The Morgan fingerprint density at radius 3 is 2.36 bits per heavy atom. The van der Waals surface area contributed by atoms with Crippen LogP contribution in [0.4, 0.5) is 0 Å². The molecule has 11 heavy (non-hydrogen) atoms. The molecule has 0 spiro atoms. The Labute approximate surface area is 76.6 Å². The number of allylic oxidation sites excluding steroid dienone is 4. The summed E-state index contributed by atoms with van der Waals surface area (Å²) in [6, 6.07) is 0. The van der Waals surface area contributed by atoms with Crippen molar-refractivity contribution in [3.8, 4) is 0 Å². The SMILES string of the molecule is C=C/C=C(\C(O)=C/C)C(Cl)Cl. The van der Waals surface area contributed by atoms with E-state index in [1.807, 2.05) is 0 Å². The summed E-state index contributed by atoms with van der Waals surface area (Å²) in [4.78, 5) is -0.718. The normalized spacial score (nSPS) is 13.8. The number of aliphatic hydroxyl groups excluding tert-OH is 1. The van der Waals surface area contributed by atoms with Gasteiger partial charge in [0.05, 0.1) is 0 Å². The quantitative estimate of drug-likeness (QED) is 0.414. The Kier molecular flexibility index (Phi) is 5.08. The van der Waals surface area contributed by atoms with Gasteiger partial charge in [-0.2, -0.15) is 0 Å². The molecule has 0 aliphatic rings. The highest BCUT2D eigenvalue weighted by Gasteiger charge is 2.09. The minimum atomic E-state index is -0.718. The van der Waals surface area contributed by atoms with Crippen molar-refractivity contribution in [1.29, 1.82) is 0 Å². The number of halogens is 2. The predicted molar refractivity (Wildman–Crippen MR) is 50.2 cm³/mol. The molecule has 0 aromatic rings. The van der Waals surface area contributed by atoms with E-state index in [4.69, 9.17) is 23.2 Å². The molecule has 0 radical (unpaired) electrons. The first kappa shape index (κ1) is 10.6. The Morgan fingerprint density at radius 2 is 2.09 bits per heavy atom. The van der Waals surface area contributed by atoms with Crippen molar-refractivity contribution in [1.82, 2.24) is 0 Å². The van der Waals surface area contributed by atoms with E-state index in [1.54, 1.807) is 13.0 Å². The molecule has 0 aliphatic heterocycles. The van der Waals surface area contributed by atoms with Gasteiger partial charge in [0, 0.05) is 5.57 Å². The van der Waals surface area contributed by atoms with Crippen LogP contribution >= 0.6 is 23.2 Å². The average molecular weight is 193 g/mol. The molecule has 0 bridgehead atoms. The van der Waals surface area contributed by atoms with Gasteiger partial charge in [-0.1, -0.05) is 41.9 Å². The molecular formula is C8H10Cl2O. The predicted octanol–water partition coefficient (Wildman–Crippen LogP) is 3.36. The van der Waals surface area contributed by atoms with Gasteiger partial charge in [-0.25, -0.2) is 0 Å².